The Bertz CT molecular complexity index is 821. The Labute approximate surface area is 178 Å². The van der Waals surface area contributed by atoms with Crippen LogP contribution in [0.4, 0.5) is 0 Å². The van der Waals surface area contributed by atoms with Crippen LogP contribution in [0, 0.1) is 5.92 Å². The van der Waals surface area contributed by atoms with Gasteiger partial charge in [0.1, 0.15) is 11.5 Å². The first-order valence-electron chi connectivity index (χ1n) is 10.9. The second-order valence-electron chi connectivity index (χ2n) is 7.95. The summed E-state index contributed by atoms with van der Waals surface area (Å²) in [4.78, 5) is 16.7. The minimum Gasteiger partial charge on any atom is -0.457 e. The molecule has 0 N–H and O–H groups in total. The molecule has 5 nitrogen and oxygen atoms in total. The van der Waals surface area contributed by atoms with Gasteiger partial charge in [-0.25, -0.2) is 0 Å². The van der Waals surface area contributed by atoms with Gasteiger partial charge in [-0.2, -0.15) is 0 Å². The van der Waals surface area contributed by atoms with Gasteiger partial charge >= 0.3 is 0 Å². The number of likely N-dealkylation sites (tertiary alicyclic amines) is 1. The van der Waals surface area contributed by atoms with Crippen molar-refractivity contribution >= 4 is 12.0 Å². The van der Waals surface area contributed by atoms with E-state index in [1.165, 1.54) is 5.56 Å². The maximum Gasteiger partial charge on any atom is 0.236 e. The molecule has 0 saturated carbocycles. The van der Waals surface area contributed by atoms with Gasteiger partial charge in [0, 0.05) is 26.2 Å². The summed E-state index contributed by atoms with van der Waals surface area (Å²) < 4.78 is 11.2. The van der Waals surface area contributed by atoms with Crippen LogP contribution in [0.5, 0.6) is 11.5 Å². The topological polar surface area (TPSA) is 42.0 Å². The van der Waals surface area contributed by atoms with Crippen LogP contribution in [0.2, 0.25) is 0 Å². The minimum absolute atomic E-state index is 0.258. The van der Waals surface area contributed by atoms with Crippen molar-refractivity contribution in [3.63, 3.8) is 0 Å². The number of benzene rings is 2. The fraction of sp³-hybridized carbons (Fsp3) is 0.400. The number of piperidine rings is 1. The summed E-state index contributed by atoms with van der Waals surface area (Å²) >= 11 is 0. The number of para-hydroxylation sites is 1. The SMILES string of the molecule is O=C(CN1CCOCC1)N1CCC(/C=C\c2ccc(Oc3ccccc3)cc2)CC1. The summed E-state index contributed by atoms with van der Waals surface area (Å²) in [5, 5.41) is 0. The van der Waals surface area contributed by atoms with Gasteiger partial charge in [-0.05, 0) is 48.6 Å². The Morgan fingerprint density at radius 2 is 1.60 bits per heavy atom. The Hall–Kier alpha value is -2.63. The smallest absolute Gasteiger partial charge is 0.236 e. The number of ether oxygens (including phenoxy) is 2. The highest BCUT2D eigenvalue weighted by Crippen LogP contribution is 2.23. The van der Waals surface area contributed by atoms with E-state index in [9.17, 15) is 4.79 Å². The van der Waals surface area contributed by atoms with E-state index in [2.05, 4.69) is 29.2 Å². The highest BCUT2D eigenvalue weighted by molar-refractivity contribution is 5.78. The van der Waals surface area contributed by atoms with Crippen molar-refractivity contribution in [1.29, 1.82) is 0 Å². The maximum absolute atomic E-state index is 12.5. The molecule has 0 radical (unpaired) electrons. The highest BCUT2D eigenvalue weighted by Gasteiger charge is 2.23. The molecule has 30 heavy (non-hydrogen) atoms. The van der Waals surface area contributed by atoms with Crippen LogP contribution in [-0.2, 0) is 9.53 Å². The van der Waals surface area contributed by atoms with Gasteiger partial charge < -0.3 is 14.4 Å². The normalized spacial score (nSPS) is 18.6. The average molecular weight is 407 g/mol. The van der Waals surface area contributed by atoms with Gasteiger partial charge in [0.2, 0.25) is 5.91 Å². The molecule has 158 valence electrons. The van der Waals surface area contributed by atoms with Crippen LogP contribution in [0.1, 0.15) is 18.4 Å². The number of amides is 1. The Balaban J connectivity index is 1.22. The molecule has 2 heterocycles. The maximum atomic E-state index is 12.5. The van der Waals surface area contributed by atoms with Gasteiger partial charge in [0.25, 0.3) is 0 Å². The van der Waals surface area contributed by atoms with E-state index < -0.39 is 0 Å². The molecule has 2 aliphatic rings. The molecule has 0 atom stereocenters. The fourth-order valence-corrected chi connectivity index (χ4v) is 3.91. The van der Waals surface area contributed by atoms with E-state index in [0.717, 1.165) is 63.7 Å². The lowest BCUT2D eigenvalue weighted by atomic mass is 9.95. The molecule has 0 aliphatic carbocycles. The standard InChI is InChI=1S/C25H30N2O3/c28-25(20-26-16-18-29-19-17-26)27-14-12-22(13-15-27)7-6-21-8-10-24(11-9-21)30-23-4-2-1-3-5-23/h1-11,22H,12-20H2/b7-6-. The van der Waals surface area contributed by atoms with E-state index >= 15 is 0 Å². The van der Waals surface area contributed by atoms with Gasteiger partial charge in [0.15, 0.2) is 0 Å². The first-order valence-corrected chi connectivity index (χ1v) is 10.9. The number of carbonyl (C=O) groups excluding carboxylic acids is 1. The third-order valence-electron chi connectivity index (χ3n) is 5.77. The number of hydrogen-bond donors (Lipinski definition) is 0. The van der Waals surface area contributed by atoms with Crippen LogP contribution in [-0.4, -0.2) is 61.6 Å². The third kappa shape index (κ3) is 5.94. The molecule has 2 saturated heterocycles. The second kappa shape index (κ2) is 10.4. The van der Waals surface area contributed by atoms with Crippen molar-refractivity contribution < 1.29 is 14.3 Å². The second-order valence-corrected chi connectivity index (χ2v) is 7.95. The Morgan fingerprint density at radius 1 is 0.933 bits per heavy atom. The fourth-order valence-electron chi connectivity index (χ4n) is 3.91. The third-order valence-corrected chi connectivity index (χ3v) is 5.77. The molecule has 2 aromatic carbocycles. The zero-order valence-electron chi connectivity index (χ0n) is 17.4. The number of nitrogens with zero attached hydrogens (tertiary/aromatic N) is 2. The lowest BCUT2D eigenvalue weighted by Gasteiger charge is -2.33. The summed E-state index contributed by atoms with van der Waals surface area (Å²) in [6.45, 7) is 5.42. The molecular weight excluding hydrogens is 376 g/mol. The van der Waals surface area contributed by atoms with Crippen LogP contribution < -0.4 is 4.74 Å². The summed E-state index contributed by atoms with van der Waals surface area (Å²) in [6, 6.07) is 18.0. The lowest BCUT2D eigenvalue weighted by molar-refractivity contribution is -0.134. The zero-order chi connectivity index (χ0) is 20.6. The average Bonchev–Trinajstić information content (AvgIpc) is 2.80. The zero-order valence-corrected chi connectivity index (χ0v) is 17.4. The number of hydrogen-bond acceptors (Lipinski definition) is 4. The van der Waals surface area contributed by atoms with E-state index in [-0.39, 0.29) is 5.91 Å². The molecule has 0 aromatic heterocycles. The predicted molar refractivity (Wildman–Crippen MR) is 119 cm³/mol. The summed E-state index contributed by atoms with van der Waals surface area (Å²) in [7, 11) is 0. The van der Waals surface area contributed by atoms with Gasteiger partial charge in [-0.15, -0.1) is 0 Å². The molecule has 0 unspecified atom stereocenters. The van der Waals surface area contributed by atoms with Gasteiger partial charge in [-0.1, -0.05) is 42.5 Å². The molecule has 4 rings (SSSR count). The minimum atomic E-state index is 0.258. The van der Waals surface area contributed by atoms with Crippen LogP contribution >= 0.6 is 0 Å². The molecule has 2 aromatic rings. The van der Waals surface area contributed by atoms with E-state index in [4.69, 9.17) is 9.47 Å². The van der Waals surface area contributed by atoms with E-state index in [1.54, 1.807) is 0 Å². The summed E-state index contributed by atoms with van der Waals surface area (Å²) in [5.74, 6) is 2.46. The van der Waals surface area contributed by atoms with Crippen molar-refractivity contribution in [3.05, 3.63) is 66.2 Å². The lowest BCUT2D eigenvalue weighted by Crippen LogP contribution is -2.46. The van der Waals surface area contributed by atoms with Crippen molar-refractivity contribution in [3.8, 4) is 11.5 Å². The predicted octanol–water partition coefficient (Wildman–Crippen LogP) is 4.06. The molecular formula is C25H30N2O3. The van der Waals surface area contributed by atoms with Gasteiger partial charge in [-0.3, -0.25) is 9.69 Å². The Kier molecular flexibility index (Phi) is 7.16. The molecule has 0 bridgehead atoms. The summed E-state index contributed by atoms with van der Waals surface area (Å²) in [6.07, 6.45) is 6.53. The first-order chi connectivity index (χ1) is 14.8. The molecule has 5 heteroatoms. The number of carbonyl (C=O) groups is 1. The first kappa shape index (κ1) is 20.6. The van der Waals surface area contributed by atoms with E-state index in [1.807, 2.05) is 47.4 Å². The van der Waals surface area contributed by atoms with Crippen LogP contribution in [0.25, 0.3) is 6.08 Å². The number of morpholine rings is 1. The quantitative estimate of drug-likeness (QED) is 0.725. The van der Waals surface area contributed by atoms with Crippen LogP contribution in [0.3, 0.4) is 0 Å². The highest BCUT2D eigenvalue weighted by atomic mass is 16.5. The van der Waals surface area contributed by atoms with Crippen molar-refractivity contribution in [2.45, 2.75) is 12.8 Å². The van der Waals surface area contributed by atoms with Crippen LogP contribution in [0.15, 0.2) is 60.7 Å². The van der Waals surface area contributed by atoms with Gasteiger partial charge in [0.05, 0.1) is 19.8 Å². The molecule has 2 aliphatic heterocycles. The van der Waals surface area contributed by atoms with E-state index in [0.29, 0.717) is 12.5 Å². The molecule has 1 amide bonds. The molecule has 0 spiro atoms. The number of rotatable bonds is 6. The largest absolute Gasteiger partial charge is 0.457 e. The number of allylic oxidation sites excluding steroid dienone is 1. The monoisotopic (exact) mass is 406 g/mol. The molecule has 2 fully saturated rings. The van der Waals surface area contributed by atoms with Crippen molar-refractivity contribution in [2.24, 2.45) is 5.92 Å². The Morgan fingerprint density at radius 3 is 2.30 bits per heavy atom. The van der Waals surface area contributed by atoms with Crippen molar-refractivity contribution in [1.82, 2.24) is 9.80 Å². The summed E-state index contributed by atoms with van der Waals surface area (Å²) in [5.41, 5.74) is 1.17. The van der Waals surface area contributed by atoms with Crippen molar-refractivity contribution in [2.75, 3.05) is 45.9 Å².